The molecule has 1 saturated heterocycles. The molecular weight excluding hydrogens is 677 g/mol. The highest BCUT2D eigenvalue weighted by atomic mass is 32.2. The number of carbonyl (C=O) groups is 4. The van der Waals surface area contributed by atoms with Crippen LogP contribution in [0.1, 0.15) is 69.7 Å². The van der Waals surface area contributed by atoms with Gasteiger partial charge in [0.05, 0.1) is 6.42 Å². The summed E-state index contributed by atoms with van der Waals surface area (Å²) in [5, 5.41) is 13.7. The van der Waals surface area contributed by atoms with E-state index in [1.54, 1.807) is 0 Å². The van der Waals surface area contributed by atoms with Gasteiger partial charge < -0.3 is 29.2 Å². The van der Waals surface area contributed by atoms with Gasteiger partial charge in [-0.25, -0.2) is 4.79 Å². The van der Waals surface area contributed by atoms with Crippen molar-refractivity contribution in [3.05, 3.63) is 57.4 Å². The number of β-lactam (4-membered cyclic amide) rings is 1. The van der Waals surface area contributed by atoms with Gasteiger partial charge >= 0.3 is 11.9 Å². The second-order valence-electron chi connectivity index (χ2n) is 11.8. The number of fused-ring (bicyclic) bond motifs is 2. The van der Waals surface area contributed by atoms with Crippen molar-refractivity contribution in [2.75, 3.05) is 24.9 Å². The smallest absolute Gasteiger partial charge is 0.352 e. The Labute approximate surface area is 292 Å². The molecule has 4 heterocycles. The van der Waals surface area contributed by atoms with Crippen molar-refractivity contribution in [3.63, 3.8) is 0 Å². The van der Waals surface area contributed by atoms with E-state index in [2.05, 4.69) is 19.2 Å². The van der Waals surface area contributed by atoms with Gasteiger partial charge in [0, 0.05) is 29.5 Å². The summed E-state index contributed by atoms with van der Waals surface area (Å²) in [6.07, 6.45) is 8.50. The maximum absolute atomic E-state index is 12.4. The number of carboxylic acid groups (broad SMARTS) is 1. The zero-order chi connectivity index (χ0) is 34.6. The molecule has 0 radical (unpaired) electrons. The minimum absolute atomic E-state index is 0.163. The highest BCUT2D eigenvalue weighted by molar-refractivity contribution is 8.00. The number of thioether (sulfide) groups is 1. The molecule has 1 aromatic carbocycles. The van der Waals surface area contributed by atoms with E-state index in [1.807, 2.05) is 35.7 Å². The van der Waals surface area contributed by atoms with Crippen LogP contribution in [0.4, 0.5) is 0 Å². The summed E-state index contributed by atoms with van der Waals surface area (Å²) in [6.45, 7) is 5.67. The molecule has 1 aromatic heterocycles. The van der Waals surface area contributed by atoms with Crippen LogP contribution < -0.4 is 14.8 Å². The minimum Gasteiger partial charge on any atom is -0.616 e. The number of nitrogens with zero attached hydrogens (tertiary/aromatic N) is 1. The van der Waals surface area contributed by atoms with Gasteiger partial charge in [0.25, 0.3) is 5.91 Å². The minimum atomic E-state index is -1.26. The fraction of sp³-hybridized carbons (Fsp3) is 0.529. The van der Waals surface area contributed by atoms with Gasteiger partial charge in [-0.1, -0.05) is 55.9 Å². The molecule has 0 aliphatic carbocycles. The average molecular weight is 721 g/mol. The Hall–Kier alpha value is -3.20. The number of unbranched alkanes of at least 4 members (excludes halogenated alkanes) is 5. The van der Waals surface area contributed by atoms with Gasteiger partial charge in [0.15, 0.2) is 11.5 Å². The number of hydrogen-bond donors (Lipinski definition) is 2. The first kappa shape index (κ1) is 37.6. The fourth-order valence-electron chi connectivity index (χ4n) is 5.50. The number of benzene rings is 1. The highest BCUT2D eigenvalue weighted by Gasteiger charge is 2.54. The van der Waals surface area contributed by atoms with E-state index in [1.165, 1.54) is 67.7 Å². The molecule has 48 heavy (non-hydrogen) atoms. The molecule has 262 valence electrons. The summed E-state index contributed by atoms with van der Waals surface area (Å²) in [5.41, 5.74) is 1.38. The Bertz CT molecular complexity index is 1450. The van der Waals surface area contributed by atoms with E-state index >= 15 is 0 Å². The summed E-state index contributed by atoms with van der Waals surface area (Å²) >= 11 is 2.05. The molecule has 5 rings (SSSR count). The third kappa shape index (κ3) is 10.4. The molecule has 2 N–H and O–H groups in total. The number of thiophene rings is 1. The fourth-order valence-corrected chi connectivity index (χ4v) is 8.80. The maximum Gasteiger partial charge on any atom is 0.352 e. The Morgan fingerprint density at radius 3 is 2.60 bits per heavy atom. The number of hydrogen-bond acceptors (Lipinski definition) is 10. The standard InChI is InChI=1S/C18H28O3S.C16H16N2O6S2/c1-3-4-5-6-7-8-11-22(19)15(2)12-16-9-10-17-18(13-16)21-14-20-17;1-8(19)24-6-9-7-26-15-12(14(21)18(15)13(9)16(22)23)17-11(20)5-10-3-2-4-25-10/h9-10,13,15H,3-8,11-12,14H2,1-2H3;2-4,12,15H,5-7H2,1H3,(H,17,20)(H,22,23)/t;12-,15-/m.1/s1. The molecule has 1 fully saturated rings. The molecule has 4 atom stereocenters. The third-order valence-corrected chi connectivity index (χ3v) is 12.0. The normalized spacial score (nSPS) is 19.0. The largest absolute Gasteiger partial charge is 0.616 e. The first-order valence-electron chi connectivity index (χ1n) is 16.2. The van der Waals surface area contributed by atoms with Crippen LogP contribution in [0, 0.1) is 0 Å². The second-order valence-corrected chi connectivity index (χ2v) is 15.9. The van der Waals surface area contributed by atoms with E-state index in [0.29, 0.717) is 18.1 Å². The van der Waals surface area contributed by atoms with Crippen LogP contribution in [-0.4, -0.2) is 79.9 Å². The Morgan fingerprint density at radius 2 is 1.90 bits per heavy atom. The highest BCUT2D eigenvalue weighted by Crippen LogP contribution is 2.40. The number of rotatable bonds is 16. The molecule has 0 bridgehead atoms. The Balaban J connectivity index is 0.000000220. The van der Waals surface area contributed by atoms with Crippen LogP contribution in [0.15, 0.2) is 47.0 Å². The Kier molecular flexibility index (Phi) is 14.5. The quantitative estimate of drug-likeness (QED) is 0.104. The molecule has 3 aliphatic rings. The monoisotopic (exact) mass is 720 g/mol. The second kappa shape index (κ2) is 18.5. The lowest BCUT2D eigenvalue weighted by atomic mass is 10.0. The first-order valence-corrected chi connectivity index (χ1v) is 19.5. The predicted octanol–water partition coefficient (Wildman–Crippen LogP) is 5.05. The summed E-state index contributed by atoms with van der Waals surface area (Å²) in [7, 11) is 0. The molecule has 11 nitrogen and oxygen atoms in total. The van der Waals surface area contributed by atoms with Crippen molar-refractivity contribution in [3.8, 4) is 11.5 Å². The molecule has 14 heteroatoms. The van der Waals surface area contributed by atoms with Crippen molar-refractivity contribution < 1.29 is 43.0 Å². The molecular formula is C34H44N2O9S3. The summed E-state index contributed by atoms with van der Waals surface area (Å²) < 4.78 is 27.9. The van der Waals surface area contributed by atoms with Gasteiger partial charge in [0.1, 0.15) is 34.7 Å². The molecule has 0 saturated carbocycles. The zero-order valence-corrected chi connectivity index (χ0v) is 30.0. The van der Waals surface area contributed by atoms with Gasteiger partial charge in [-0.3, -0.25) is 19.3 Å². The number of carbonyl (C=O) groups excluding carboxylic acids is 3. The predicted molar refractivity (Wildman–Crippen MR) is 186 cm³/mol. The van der Waals surface area contributed by atoms with E-state index < -0.39 is 40.4 Å². The van der Waals surface area contributed by atoms with Crippen molar-refractivity contribution in [2.24, 2.45) is 0 Å². The Morgan fingerprint density at radius 1 is 1.15 bits per heavy atom. The van der Waals surface area contributed by atoms with Crippen LogP contribution in [0.2, 0.25) is 0 Å². The molecule has 0 spiro atoms. The molecule has 3 aliphatic heterocycles. The van der Waals surface area contributed by atoms with Crippen molar-refractivity contribution in [1.29, 1.82) is 0 Å². The molecule has 2 amide bonds. The third-order valence-electron chi connectivity index (χ3n) is 8.04. The topological polar surface area (TPSA) is 155 Å². The van der Waals surface area contributed by atoms with Gasteiger partial charge in [-0.2, -0.15) is 0 Å². The van der Waals surface area contributed by atoms with Crippen molar-refractivity contribution in [1.82, 2.24) is 10.2 Å². The molecule has 2 aromatic rings. The van der Waals surface area contributed by atoms with E-state index in [0.717, 1.165) is 39.9 Å². The summed E-state index contributed by atoms with van der Waals surface area (Å²) in [6, 6.07) is 8.93. The lowest BCUT2D eigenvalue weighted by Gasteiger charge is -2.49. The van der Waals surface area contributed by atoms with Crippen LogP contribution >= 0.6 is 23.1 Å². The van der Waals surface area contributed by atoms with E-state index in [-0.39, 0.29) is 29.9 Å². The number of ether oxygens (including phenoxy) is 3. The lowest BCUT2D eigenvalue weighted by molar-refractivity contribution is -0.151. The lowest BCUT2D eigenvalue weighted by Crippen LogP contribution is -2.70. The van der Waals surface area contributed by atoms with E-state index in [9.17, 15) is 28.8 Å². The van der Waals surface area contributed by atoms with Crippen molar-refractivity contribution in [2.45, 2.75) is 88.8 Å². The number of amides is 2. The number of carboxylic acids is 1. The van der Waals surface area contributed by atoms with Crippen LogP contribution in [0.5, 0.6) is 11.5 Å². The summed E-state index contributed by atoms with van der Waals surface area (Å²) in [5.74, 6) is 0.226. The van der Waals surface area contributed by atoms with Crippen LogP contribution in [-0.2, 0) is 47.9 Å². The van der Waals surface area contributed by atoms with Gasteiger partial charge in [0.2, 0.25) is 12.7 Å². The number of aliphatic carboxylic acids is 1. The number of esters is 1. The van der Waals surface area contributed by atoms with Crippen LogP contribution in [0.25, 0.3) is 0 Å². The van der Waals surface area contributed by atoms with Gasteiger partial charge in [-0.05, 0) is 48.9 Å². The van der Waals surface area contributed by atoms with Crippen LogP contribution in [0.3, 0.4) is 0 Å². The maximum atomic E-state index is 12.4. The zero-order valence-electron chi connectivity index (χ0n) is 27.6. The number of nitrogens with one attached hydrogen (secondary N) is 1. The summed E-state index contributed by atoms with van der Waals surface area (Å²) in [4.78, 5) is 49.2. The van der Waals surface area contributed by atoms with Gasteiger partial charge in [-0.15, -0.1) is 23.1 Å². The average Bonchev–Trinajstić information content (AvgIpc) is 3.76. The first-order chi connectivity index (χ1) is 23.1. The van der Waals surface area contributed by atoms with Crippen molar-refractivity contribution >= 4 is 58.0 Å². The SMILES string of the molecule is CC(=O)OCC1=C(C(=O)O)N2C(=O)[C@@H](NC(=O)Cc3cccs3)[C@H]2SC1.CCCCCCCC[S+]([O-])C(C)Cc1ccc2c(c1)OCO2. The molecule has 2 unspecified atom stereocenters. The van der Waals surface area contributed by atoms with E-state index in [4.69, 9.17) is 14.2 Å².